The molecule has 0 aromatic rings. The Balaban J connectivity index is 1.94. The molecule has 4 rings (SSSR count). The quantitative estimate of drug-likeness (QED) is 0.407. The van der Waals surface area contributed by atoms with Crippen molar-refractivity contribution in [3.63, 3.8) is 0 Å². The number of carbonyl (C=O) groups is 1. The Labute approximate surface area is 180 Å². The molecule has 0 spiro atoms. The lowest BCUT2D eigenvalue weighted by Crippen LogP contribution is -2.63. The van der Waals surface area contributed by atoms with Crippen LogP contribution >= 0.6 is 0 Å². The Hall–Kier alpha value is -0.530. The zero-order valence-corrected chi connectivity index (χ0v) is 20.9. The van der Waals surface area contributed by atoms with E-state index in [0.29, 0.717) is 17.8 Å². The first-order chi connectivity index (χ1) is 13.3. The van der Waals surface area contributed by atoms with Crippen molar-refractivity contribution < 1.29 is 9.53 Å². The lowest BCUT2D eigenvalue weighted by molar-refractivity contribution is -0.237. The minimum Gasteiger partial charge on any atom is -0.458 e. The molecule has 0 amide bonds. The first-order valence-electron chi connectivity index (χ1n) is 12.5. The summed E-state index contributed by atoms with van der Waals surface area (Å²) in [5, 5.41) is 0. The van der Waals surface area contributed by atoms with Gasteiger partial charge in [0.1, 0.15) is 5.60 Å². The number of hydrogen-bond donors (Lipinski definition) is 0. The molecule has 1 atom stereocenters. The lowest BCUT2D eigenvalue weighted by atomic mass is 9.47. The summed E-state index contributed by atoms with van der Waals surface area (Å²) in [5.74, 6) is 3.42. The van der Waals surface area contributed by atoms with E-state index < -0.39 is 5.41 Å². The van der Waals surface area contributed by atoms with E-state index in [9.17, 15) is 4.79 Å². The maximum atomic E-state index is 14.1. The van der Waals surface area contributed by atoms with Crippen molar-refractivity contribution in [2.24, 2.45) is 45.8 Å². The molecule has 2 heteroatoms. The third kappa shape index (κ3) is 3.69. The van der Waals surface area contributed by atoms with Crippen molar-refractivity contribution in [2.45, 2.75) is 119 Å². The van der Waals surface area contributed by atoms with Crippen molar-refractivity contribution in [3.8, 4) is 0 Å². The number of ether oxygens (including phenoxy) is 1. The molecule has 0 radical (unpaired) electrons. The van der Waals surface area contributed by atoms with Crippen molar-refractivity contribution in [3.05, 3.63) is 0 Å². The maximum Gasteiger partial charge on any atom is 0.312 e. The van der Waals surface area contributed by atoms with Gasteiger partial charge in [-0.1, -0.05) is 68.2 Å². The number of rotatable bonds is 7. The molecule has 4 aliphatic carbocycles. The monoisotopic (exact) mass is 404 g/mol. The predicted molar refractivity (Wildman–Crippen MR) is 122 cm³/mol. The minimum atomic E-state index is -0.468. The van der Waals surface area contributed by atoms with Gasteiger partial charge in [0.05, 0.1) is 5.41 Å². The molecule has 0 N–H and O–H groups in total. The zero-order valence-electron chi connectivity index (χ0n) is 20.9. The molecule has 4 fully saturated rings. The van der Waals surface area contributed by atoms with Crippen LogP contribution in [0.15, 0.2) is 0 Å². The fourth-order valence-corrected chi connectivity index (χ4v) is 7.42. The van der Waals surface area contributed by atoms with E-state index in [1.807, 2.05) is 0 Å². The van der Waals surface area contributed by atoms with Crippen molar-refractivity contribution in [1.82, 2.24) is 0 Å². The summed E-state index contributed by atoms with van der Waals surface area (Å²) in [7, 11) is 0. The van der Waals surface area contributed by atoms with E-state index in [4.69, 9.17) is 4.74 Å². The third-order valence-electron chi connectivity index (χ3n) is 10.2. The van der Waals surface area contributed by atoms with Gasteiger partial charge in [-0.3, -0.25) is 4.79 Å². The van der Waals surface area contributed by atoms with Crippen LogP contribution in [0.3, 0.4) is 0 Å². The van der Waals surface area contributed by atoms with Gasteiger partial charge in [0, 0.05) is 0 Å². The van der Waals surface area contributed by atoms with E-state index in [0.717, 1.165) is 31.1 Å². The van der Waals surface area contributed by atoms with Gasteiger partial charge in [-0.25, -0.2) is 0 Å². The molecule has 0 heterocycles. The first-order valence-corrected chi connectivity index (χ1v) is 12.5. The molecule has 0 aromatic heterocycles. The summed E-state index contributed by atoms with van der Waals surface area (Å²) in [6.45, 7) is 20.4. The zero-order chi connectivity index (χ0) is 21.8. The molecule has 168 valence electrons. The second-order valence-electron chi connectivity index (χ2n) is 13.0. The number of carbonyl (C=O) groups excluding carboxylic acids is 1. The second-order valence-corrected chi connectivity index (χ2v) is 13.0. The van der Waals surface area contributed by atoms with Crippen molar-refractivity contribution >= 4 is 5.97 Å². The van der Waals surface area contributed by atoms with Crippen LogP contribution in [0.5, 0.6) is 0 Å². The predicted octanol–water partition coefficient (Wildman–Crippen LogP) is 7.65. The molecule has 29 heavy (non-hydrogen) atoms. The molecule has 1 unspecified atom stereocenters. The molecule has 0 aliphatic heterocycles. The largest absolute Gasteiger partial charge is 0.458 e. The van der Waals surface area contributed by atoms with Gasteiger partial charge in [0.15, 0.2) is 0 Å². The maximum absolute atomic E-state index is 14.1. The summed E-state index contributed by atoms with van der Waals surface area (Å²) in [6.07, 6.45) is 9.68. The Morgan fingerprint density at radius 3 is 1.69 bits per heavy atom. The fourth-order valence-electron chi connectivity index (χ4n) is 7.42. The van der Waals surface area contributed by atoms with Gasteiger partial charge < -0.3 is 4.74 Å². The third-order valence-corrected chi connectivity index (χ3v) is 10.2. The number of esters is 1. The molecule has 0 aromatic carbocycles. The molecule has 4 bridgehead atoms. The first kappa shape index (κ1) is 23.1. The highest BCUT2D eigenvalue weighted by Gasteiger charge is 2.62. The van der Waals surface area contributed by atoms with Crippen LogP contribution in [0.4, 0.5) is 0 Å². The van der Waals surface area contributed by atoms with Crippen LogP contribution in [0.25, 0.3) is 0 Å². The van der Waals surface area contributed by atoms with E-state index in [1.54, 1.807) is 0 Å². The minimum absolute atomic E-state index is 0.0827. The average molecular weight is 405 g/mol. The van der Waals surface area contributed by atoms with Gasteiger partial charge in [-0.2, -0.15) is 0 Å². The summed E-state index contributed by atoms with van der Waals surface area (Å²) in [4.78, 5) is 14.1. The average Bonchev–Trinajstić information content (AvgIpc) is 2.62. The van der Waals surface area contributed by atoms with Crippen LogP contribution in [0, 0.1) is 45.8 Å². The molecular formula is C27H48O2. The van der Waals surface area contributed by atoms with Gasteiger partial charge >= 0.3 is 5.97 Å². The van der Waals surface area contributed by atoms with Crippen molar-refractivity contribution in [2.75, 3.05) is 0 Å². The van der Waals surface area contributed by atoms with Crippen molar-refractivity contribution in [1.29, 1.82) is 0 Å². The second kappa shape index (κ2) is 7.56. The van der Waals surface area contributed by atoms with Gasteiger partial charge in [-0.15, -0.1) is 0 Å². The molecule has 2 nitrogen and oxygen atoms in total. The molecule has 0 saturated heterocycles. The van der Waals surface area contributed by atoms with Gasteiger partial charge in [0.2, 0.25) is 0 Å². The Morgan fingerprint density at radius 1 is 0.897 bits per heavy atom. The molecular weight excluding hydrogens is 356 g/mol. The lowest BCUT2D eigenvalue weighted by Gasteiger charge is -2.62. The Morgan fingerprint density at radius 2 is 1.34 bits per heavy atom. The Kier molecular flexibility index (Phi) is 6.03. The van der Waals surface area contributed by atoms with Crippen LogP contribution in [0.2, 0.25) is 0 Å². The topological polar surface area (TPSA) is 26.3 Å². The van der Waals surface area contributed by atoms with E-state index in [2.05, 4.69) is 62.3 Å². The summed E-state index contributed by atoms with van der Waals surface area (Å²) in [6, 6.07) is 0. The van der Waals surface area contributed by atoms with Gasteiger partial charge in [-0.05, 0) is 85.9 Å². The Bertz CT molecular complexity index is 579. The van der Waals surface area contributed by atoms with Crippen LogP contribution in [-0.2, 0) is 9.53 Å². The van der Waals surface area contributed by atoms with Gasteiger partial charge in [0.25, 0.3) is 0 Å². The van der Waals surface area contributed by atoms with Crippen LogP contribution in [-0.4, -0.2) is 11.6 Å². The van der Waals surface area contributed by atoms with Crippen LogP contribution < -0.4 is 0 Å². The van der Waals surface area contributed by atoms with E-state index in [-0.39, 0.29) is 22.4 Å². The SMILES string of the molecule is CCC(C)(CC)CC(C)(C(=O)OC1(C(C)C)C2CC3CC(C2)CC1C3)C(C)(C)C. The van der Waals surface area contributed by atoms with E-state index >= 15 is 0 Å². The normalized spacial score (nSPS) is 36.3. The summed E-state index contributed by atoms with van der Waals surface area (Å²) in [5.41, 5.74) is -0.647. The smallest absolute Gasteiger partial charge is 0.312 e. The van der Waals surface area contributed by atoms with Crippen LogP contribution in [0.1, 0.15) is 114 Å². The number of hydrogen-bond acceptors (Lipinski definition) is 2. The molecule has 4 saturated carbocycles. The summed E-state index contributed by atoms with van der Waals surface area (Å²) >= 11 is 0. The highest BCUT2D eigenvalue weighted by atomic mass is 16.6. The van der Waals surface area contributed by atoms with E-state index in [1.165, 1.54) is 32.1 Å². The summed E-state index contributed by atoms with van der Waals surface area (Å²) < 4.78 is 6.86. The molecule has 4 aliphatic rings. The highest BCUT2D eigenvalue weighted by Crippen LogP contribution is 2.62. The fraction of sp³-hybridized carbons (Fsp3) is 0.963. The highest BCUT2D eigenvalue weighted by molar-refractivity contribution is 5.78. The standard InChI is InChI=1S/C27H48O2/c1-10-25(8,11-2)17-26(9,24(5,6)7)23(28)29-27(18(3)4)21-13-19-12-20(15-21)16-22(27)14-19/h18-22H,10-17H2,1-9H3.